The fourth-order valence-corrected chi connectivity index (χ4v) is 4.40. The van der Waals surface area contributed by atoms with Gasteiger partial charge in [-0.15, -0.1) is 11.3 Å². The van der Waals surface area contributed by atoms with Gasteiger partial charge in [0, 0.05) is 56.7 Å². The van der Waals surface area contributed by atoms with Crippen molar-refractivity contribution in [3.05, 3.63) is 28.5 Å². The fourth-order valence-electron chi connectivity index (χ4n) is 3.39. The Morgan fingerprint density at radius 3 is 2.45 bits per heavy atom. The highest BCUT2D eigenvalue weighted by Gasteiger charge is 2.32. The maximum absolute atomic E-state index is 12.5. The average Bonchev–Trinajstić information content (AvgIpc) is 3.37. The van der Waals surface area contributed by atoms with Crippen LogP contribution in [-0.2, 0) is 19.2 Å². The molecular formula is C18H18ClN5O4S. The first kappa shape index (κ1) is 19.6. The number of nitrogens with zero attached hydrogens (tertiary/aromatic N) is 5. The lowest BCUT2D eigenvalue weighted by Crippen LogP contribution is -2.52. The van der Waals surface area contributed by atoms with Gasteiger partial charge in [0.15, 0.2) is 10.1 Å². The molecule has 0 aliphatic carbocycles. The minimum atomic E-state index is -0.305. The van der Waals surface area contributed by atoms with Crippen molar-refractivity contribution in [3.8, 4) is 0 Å². The van der Waals surface area contributed by atoms with Crippen molar-refractivity contribution in [1.29, 1.82) is 0 Å². The summed E-state index contributed by atoms with van der Waals surface area (Å²) in [7, 11) is 0. The van der Waals surface area contributed by atoms with E-state index in [4.69, 9.17) is 11.6 Å². The Kier molecular flexibility index (Phi) is 5.37. The molecule has 2 saturated heterocycles. The predicted octanol–water partition coefficient (Wildman–Crippen LogP) is 0.882. The molecule has 0 aromatic carbocycles. The van der Waals surface area contributed by atoms with Gasteiger partial charge < -0.3 is 9.80 Å². The second-order valence-corrected chi connectivity index (χ2v) is 7.99. The summed E-state index contributed by atoms with van der Waals surface area (Å²) in [5, 5.41) is 2.22. The molecule has 9 nitrogen and oxygen atoms in total. The van der Waals surface area contributed by atoms with Crippen LogP contribution in [0.4, 0.5) is 0 Å². The molecule has 11 heteroatoms. The van der Waals surface area contributed by atoms with E-state index < -0.39 is 0 Å². The van der Waals surface area contributed by atoms with Crippen LogP contribution in [0, 0.1) is 0 Å². The number of aromatic nitrogens is 2. The molecule has 0 unspecified atom stereocenters. The topological polar surface area (TPSA) is 95.3 Å². The second kappa shape index (κ2) is 7.96. The van der Waals surface area contributed by atoms with E-state index in [1.165, 1.54) is 17.4 Å². The molecule has 0 bridgehead atoms. The zero-order valence-electron chi connectivity index (χ0n) is 15.4. The van der Waals surface area contributed by atoms with E-state index >= 15 is 0 Å². The van der Waals surface area contributed by atoms with Crippen LogP contribution in [0.2, 0.25) is 5.15 Å². The molecule has 2 aliphatic heterocycles. The molecule has 0 radical (unpaired) electrons. The predicted molar refractivity (Wildman–Crippen MR) is 106 cm³/mol. The van der Waals surface area contributed by atoms with Crippen LogP contribution in [0.3, 0.4) is 0 Å². The van der Waals surface area contributed by atoms with Crippen LogP contribution < -0.4 is 0 Å². The van der Waals surface area contributed by atoms with E-state index in [9.17, 15) is 19.2 Å². The molecule has 4 heterocycles. The maximum atomic E-state index is 12.5. The number of hydrogen-bond acceptors (Lipinski definition) is 6. The van der Waals surface area contributed by atoms with Gasteiger partial charge in [-0.1, -0.05) is 11.6 Å². The number of hydrogen-bond donors (Lipinski definition) is 0. The quantitative estimate of drug-likeness (QED) is 0.525. The van der Waals surface area contributed by atoms with Crippen LogP contribution in [0.15, 0.2) is 17.7 Å². The minimum Gasteiger partial charge on any atom is -0.338 e. The number of rotatable bonds is 4. The third-order valence-electron chi connectivity index (χ3n) is 5.03. The summed E-state index contributed by atoms with van der Waals surface area (Å²) in [4.78, 5) is 57.4. The molecule has 2 aliphatic rings. The number of halogens is 1. The highest BCUT2D eigenvalue weighted by atomic mass is 35.5. The first-order valence-electron chi connectivity index (χ1n) is 9.13. The zero-order chi connectivity index (χ0) is 20.5. The van der Waals surface area contributed by atoms with E-state index in [-0.39, 0.29) is 43.0 Å². The van der Waals surface area contributed by atoms with E-state index in [1.54, 1.807) is 15.9 Å². The molecule has 0 spiro atoms. The van der Waals surface area contributed by atoms with Gasteiger partial charge in [-0.3, -0.25) is 28.5 Å². The Morgan fingerprint density at radius 2 is 1.76 bits per heavy atom. The van der Waals surface area contributed by atoms with Crippen molar-refractivity contribution < 1.29 is 19.2 Å². The van der Waals surface area contributed by atoms with Gasteiger partial charge in [0.05, 0.1) is 5.69 Å². The van der Waals surface area contributed by atoms with Crippen molar-refractivity contribution in [3.63, 3.8) is 0 Å². The molecule has 4 rings (SSSR count). The van der Waals surface area contributed by atoms with Gasteiger partial charge in [0.2, 0.25) is 23.6 Å². The molecule has 0 saturated carbocycles. The summed E-state index contributed by atoms with van der Waals surface area (Å²) in [6, 6.07) is 0. The third-order valence-corrected chi connectivity index (χ3v) is 6.06. The number of carbonyl (C=O) groups excluding carboxylic acids is 4. The lowest BCUT2D eigenvalue weighted by molar-refractivity contribution is -0.146. The number of amides is 4. The summed E-state index contributed by atoms with van der Waals surface area (Å²) >= 11 is 7.58. The number of imide groups is 1. The molecule has 4 amide bonds. The second-order valence-electron chi connectivity index (χ2n) is 6.76. The largest absolute Gasteiger partial charge is 0.338 e. The van der Waals surface area contributed by atoms with E-state index in [0.717, 1.165) is 9.86 Å². The highest BCUT2D eigenvalue weighted by Crippen LogP contribution is 2.22. The summed E-state index contributed by atoms with van der Waals surface area (Å²) in [6.07, 6.45) is 5.26. The van der Waals surface area contributed by atoms with Crippen LogP contribution in [0.5, 0.6) is 0 Å². The smallest absolute Gasteiger partial charge is 0.246 e. The average molecular weight is 436 g/mol. The Labute approximate surface area is 175 Å². The zero-order valence-corrected chi connectivity index (χ0v) is 17.0. The Bertz CT molecular complexity index is 1000. The third kappa shape index (κ3) is 3.90. The number of thiazole rings is 1. The molecule has 0 atom stereocenters. The van der Waals surface area contributed by atoms with Gasteiger partial charge >= 0.3 is 0 Å². The summed E-state index contributed by atoms with van der Waals surface area (Å²) in [5.74, 6) is -1.06. The van der Waals surface area contributed by atoms with E-state index in [2.05, 4.69) is 4.98 Å². The van der Waals surface area contributed by atoms with Gasteiger partial charge in [-0.05, 0) is 6.08 Å². The van der Waals surface area contributed by atoms with Crippen molar-refractivity contribution in [2.24, 2.45) is 0 Å². The Morgan fingerprint density at radius 1 is 1.10 bits per heavy atom. The normalized spacial score (nSPS) is 17.9. The van der Waals surface area contributed by atoms with Crippen molar-refractivity contribution in [2.45, 2.75) is 12.8 Å². The maximum Gasteiger partial charge on any atom is 0.246 e. The standard InChI is InChI=1S/C18H18ClN5O4S/c19-17-12(23-9-10-29-18(23)20-17)1-2-13(25)21-5-7-22(8-6-21)16(28)11-24-14(26)3-4-15(24)27/h1-2,9-10H,3-8,11H2/b2-1+. The van der Waals surface area contributed by atoms with E-state index in [0.29, 0.717) is 37.0 Å². The highest BCUT2D eigenvalue weighted by molar-refractivity contribution is 7.15. The summed E-state index contributed by atoms with van der Waals surface area (Å²) in [6.45, 7) is 1.26. The number of fused-ring (bicyclic) bond motifs is 1. The summed E-state index contributed by atoms with van der Waals surface area (Å²) in [5.41, 5.74) is 0.644. The van der Waals surface area contributed by atoms with Gasteiger partial charge in [-0.25, -0.2) is 4.98 Å². The molecular weight excluding hydrogens is 418 g/mol. The van der Waals surface area contributed by atoms with Crippen LogP contribution in [0.1, 0.15) is 18.5 Å². The fraction of sp³-hybridized carbons (Fsp3) is 0.389. The molecule has 2 aromatic rings. The van der Waals surface area contributed by atoms with Crippen molar-refractivity contribution in [2.75, 3.05) is 32.7 Å². The molecule has 29 heavy (non-hydrogen) atoms. The van der Waals surface area contributed by atoms with Gasteiger partial charge in [0.1, 0.15) is 6.54 Å². The number of piperazine rings is 1. The molecule has 152 valence electrons. The van der Waals surface area contributed by atoms with E-state index in [1.807, 2.05) is 16.0 Å². The lowest BCUT2D eigenvalue weighted by atomic mass is 10.2. The van der Waals surface area contributed by atoms with Gasteiger partial charge in [0.25, 0.3) is 0 Å². The Balaban J connectivity index is 1.32. The summed E-state index contributed by atoms with van der Waals surface area (Å²) < 4.78 is 1.81. The number of likely N-dealkylation sites (tertiary alicyclic amines) is 1. The number of carbonyl (C=O) groups is 4. The van der Waals surface area contributed by atoms with Crippen LogP contribution in [-0.4, -0.2) is 80.4 Å². The van der Waals surface area contributed by atoms with Gasteiger partial charge in [-0.2, -0.15) is 0 Å². The first-order valence-corrected chi connectivity index (χ1v) is 10.4. The van der Waals surface area contributed by atoms with Crippen LogP contribution in [0.25, 0.3) is 11.0 Å². The van der Waals surface area contributed by atoms with Crippen molar-refractivity contribution in [1.82, 2.24) is 24.1 Å². The minimum absolute atomic E-state index is 0.166. The lowest BCUT2D eigenvalue weighted by Gasteiger charge is -2.34. The molecule has 2 aromatic heterocycles. The molecule has 2 fully saturated rings. The first-order chi connectivity index (χ1) is 13.9. The SMILES string of the molecule is O=C(/C=C/c1c(Cl)nc2sccn12)N1CCN(C(=O)CN2C(=O)CCC2=O)CC1. The van der Waals surface area contributed by atoms with Crippen molar-refractivity contribution >= 4 is 57.6 Å². The monoisotopic (exact) mass is 435 g/mol. The van der Waals surface area contributed by atoms with Crippen LogP contribution >= 0.6 is 22.9 Å². The molecule has 0 N–H and O–H groups in total. The number of imidazole rings is 1. The Hall–Kier alpha value is -2.72.